The number of amides is 1. The number of carbonyl (C=O) groups excluding carboxylic acids is 1. The number of piperidine rings is 1. The predicted molar refractivity (Wildman–Crippen MR) is 141 cm³/mol. The van der Waals surface area contributed by atoms with Crippen LogP contribution in [0, 0.1) is 5.92 Å². The molecule has 194 valence electrons. The van der Waals surface area contributed by atoms with Gasteiger partial charge in [-0.3, -0.25) is 24.3 Å². The summed E-state index contributed by atoms with van der Waals surface area (Å²) in [5.41, 5.74) is 7.56. The standard InChI is InChI=1S/C29H28N4O5/c30-26(35)12-22(18-6-7-23-19(10-18)3-2-8-31-23)29-28(37)25(34)11-21(38-29)16-32-13-17-9-20(15-32)24-4-1-5-27(36)33(24)14-17/h1-8,10-11,17,20,22,37H,9,12-16H2,(H2,30,35)/t17-,20+,22+/m1/s1. The molecule has 4 aromatic rings. The normalized spacial score (nSPS) is 19.7. The van der Waals surface area contributed by atoms with Crippen molar-refractivity contribution in [1.29, 1.82) is 0 Å². The molecule has 3 aromatic heterocycles. The Labute approximate surface area is 218 Å². The average Bonchev–Trinajstić information content (AvgIpc) is 2.89. The number of rotatable bonds is 6. The first kappa shape index (κ1) is 24.1. The first-order chi connectivity index (χ1) is 18.4. The quantitative estimate of drug-likeness (QED) is 0.406. The Balaban J connectivity index is 1.32. The Morgan fingerprint density at radius 1 is 1.11 bits per heavy atom. The van der Waals surface area contributed by atoms with Crippen LogP contribution < -0.4 is 16.7 Å². The van der Waals surface area contributed by atoms with Crippen molar-refractivity contribution in [2.24, 2.45) is 11.7 Å². The van der Waals surface area contributed by atoms with Crippen LogP contribution in [0.15, 0.2) is 74.8 Å². The topological polar surface area (TPSA) is 132 Å². The van der Waals surface area contributed by atoms with Crippen molar-refractivity contribution in [2.45, 2.75) is 37.8 Å². The van der Waals surface area contributed by atoms with E-state index >= 15 is 0 Å². The summed E-state index contributed by atoms with van der Waals surface area (Å²) in [5.74, 6) is -0.855. The van der Waals surface area contributed by atoms with Gasteiger partial charge in [-0.25, -0.2) is 0 Å². The highest BCUT2D eigenvalue weighted by atomic mass is 16.4. The molecule has 2 bridgehead atoms. The van der Waals surface area contributed by atoms with E-state index in [0.717, 1.165) is 36.1 Å². The minimum Gasteiger partial charge on any atom is -0.502 e. The van der Waals surface area contributed by atoms with Crippen molar-refractivity contribution in [3.63, 3.8) is 0 Å². The van der Waals surface area contributed by atoms with Gasteiger partial charge < -0.3 is 19.8 Å². The lowest BCUT2D eigenvalue weighted by atomic mass is 9.83. The number of aromatic hydroxyl groups is 1. The smallest absolute Gasteiger partial charge is 0.250 e. The van der Waals surface area contributed by atoms with Crippen molar-refractivity contribution in [3.8, 4) is 5.75 Å². The van der Waals surface area contributed by atoms with E-state index in [1.54, 1.807) is 24.4 Å². The van der Waals surface area contributed by atoms with Gasteiger partial charge in [-0.1, -0.05) is 18.2 Å². The van der Waals surface area contributed by atoms with E-state index in [0.29, 0.717) is 30.3 Å². The van der Waals surface area contributed by atoms with Crippen molar-refractivity contribution >= 4 is 16.8 Å². The Bertz CT molecular complexity index is 1660. The summed E-state index contributed by atoms with van der Waals surface area (Å²) in [6, 6.07) is 15.9. The van der Waals surface area contributed by atoms with Crippen LogP contribution in [-0.4, -0.2) is 38.6 Å². The molecule has 38 heavy (non-hydrogen) atoms. The molecule has 1 saturated heterocycles. The lowest BCUT2D eigenvalue weighted by Crippen LogP contribution is -2.46. The summed E-state index contributed by atoms with van der Waals surface area (Å²) in [7, 11) is 0. The second-order valence-corrected chi connectivity index (χ2v) is 10.4. The number of hydrogen-bond donors (Lipinski definition) is 2. The van der Waals surface area contributed by atoms with Gasteiger partial charge in [0.1, 0.15) is 5.76 Å². The predicted octanol–water partition coefficient (Wildman–Crippen LogP) is 2.68. The number of fused-ring (bicyclic) bond motifs is 5. The number of benzene rings is 1. The molecule has 0 unspecified atom stereocenters. The van der Waals surface area contributed by atoms with Gasteiger partial charge in [0, 0.05) is 61.4 Å². The molecule has 9 nitrogen and oxygen atoms in total. The molecule has 1 amide bonds. The minimum absolute atomic E-state index is 0.0311. The Morgan fingerprint density at radius 2 is 1.97 bits per heavy atom. The van der Waals surface area contributed by atoms with Crippen molar-refractivity contribution < 1.29 is 14.3 Å². The second kappa shape index (κ2) is 9.57. The Hall–Kier alpha value is -4.24. The highest BCUT2D eigenvalue weighted by molar-refractivity contribution is 5.80. The van der Waals surface area contributed by atoms with Crippen LogP contribution in [0.25, 0.3) is 10.9 Å². The minimum atomic E-state index is -0.732. The molecule has 0 aliphatic carbocycles. The SMILES string of the molecule is NC(=O)C[C@@H](c1ccc2ncccc2c1)c1oc(CN2C[C@H]3C[C@@H](C2)c2cccc(=O)n2C3)cc(=O)c1O. The fraction of sp³-hybridized carbons (Fsp3) is 0.310. The molecule has 0 spiro atoms. The highest BCUT2D eigenvalue weighted by Crippen LogP contribution is 2.37. The van der Waals surface area contributed by atoms with Gasteiger partial charge in [-0.2, -0.15) is 0 Å². The third-order valence-electron chi connectivity index (χ3n) is 7.69. The maximum Gasteiger partial charge on any atom is 0.250 e. The fourth-order valence-electron chi connectivity index (χ4n) is 6.09. The van der Waals surface area contributed by atoms with E-state index < -0.39 is 23.0 Å². The summed E-state index contributed by atoms with van der Waals surface area (Å²) in [5, 5.41) is 11.6. The molecule has 0 saturated carbocycles. The molecule has 3 atom stereocenters. The third kappa shape index (κ3) is 4.50. The number of primary amides is 1. The summed E-state index contributed by atoms with van der Waals surface area (Å²) in [6.07, 6.45) is 2.58. The molecule has 2 aliphatic rings. The van der Waals surface area contributed by atoms with Crippen LogP contribution in [0.1, 0.15) is 47.5 Å². The fourth-order valence-corrected chi connectivity index (χ4v) is 6.09. The third-order valence-corrected chi connectivity index (χ3v) is 7.69. The molecule has 2 aliphatic heterocycles. The number of likely N-dealkylation sites (tertiary alicyclic amines) is 1. The van der Waals surface area contributed by atoms with Crippen molar-refractivity contribution in [2.75, 3.05) is 13.1 Å². The summed E-state index contributed by atoms with van der Waals surface area (Å²) in [6.45, 7) is 2.53. The van der Waals surface area contributed by atoms with Gasteiger partial charge in [0.05, 0.1) is 18.0 Å². The number of hydrogen-bond acceptors (Lipinski definition) is 7. The first-order valence-electron chi connectivity index (χ1n) is 12.8. The zero-order valence-electron chi connectivity index (χ0n) is 20.7. The lowest BCUT2D eigenvalue weighted by molar-refractivity contribution is -0.118. The largest absolute Gasteiger partial charge is 0.502 e. The van der Waals surface area contributed by atoms with Crippen LogP contribution in [0.4, 0.5) is 0 Å². The number of carbonyl (C=O) groups is 1. The molecule has 5 heterocycles. The number of pyridine rings is 2. The maximum atomic E-state index is 12.8. The van der Waals surface area contributed by atoms with Crippen LogP contribution >= 0.6 is 0 Å². The van der Waals surface area contributed by atoms with Crippen LogP contribution in [-0.2, 0) is 17.9 Å². The van der Waals surface area contributed by atoms with Gasteiger partial charge in [0.25, 0.3) is 5.56 Å². The van der Waals surface area contributed by atoms with E-state index in [1.807, 2.05) is 34.9 Å². The van der Waals surface area contributed by atoms with Gasteiger partial charge in [0.2, 0.25) is 17.1 Å². The summed E-state index contributed by atoms with van der Waals surface area (Å²) >= 11 is 0. The zero-order chi connectivity index (χ0) is 26.4. The Morgan fingerprint density at radius 3 is 2.82 bits per heavy atom. The average molecular weight is 513 g/mol. The van der Waals surface area contributed by atoms with E-state index in [-0.39, 0.29) is 23.7 Å². The zero-order valence-corrected chi connectivity index (χ0v) is 20.7. The molecule has 1 aromatic carbocycles. The van der Waals surface area contributed by atoms with E-state index in [9.17, 15) is 19.5 Å². The number of nitrogens with two attached hydrogens (primary N) is 1. The molecule has 6 rings (SSSR count). The summed E-state index contributed by atoms with van der Waals surface area (Å²) < 4.78 is 8.04. The number of nitrogens with zero attached hydrogens (tertiary/aromatic N) is 3. The summed E-state index contributed by atoms with van der Waals surface area (Å²) in [4.78, 5) is 43.8. The van der Waals surface area contributed by atoms with Crippen LogP contribution in [0.3, 0.4) is 0 Å². The monoisotopic (exact) mass is 512 g/mol. The first-order valence-corrected chi connectivity index (χ1v) is 12.8. The van der Waals surface area contributed by atoms with Gasteiger partial charge in [0.15, 0.2) is 5.76 Å². The molecule has 0 radical (unpaired) electrons. The molecule has 3 N–H and O–H groups in total. The number of aromatic nitrogens is 2. The highest BCUT2D eigenvalue weighted by Gasteiger charge is 2.35. The van der Waals surface area contributed by atoms with Gasteiger partial charge in [-0.05, 0) is 42.2 Å². The molecular weight excluding hydrogens is 484 g/mol. The second-order valence-electron chi connectivity index (χ2n) is 10.4. The van der Waals surface area contributed by atoms with Crippen molar-refractivity contribution in [1.82, 2.24) is 14.5 Å². The van der Waals surface area contributed by atoms with Crippen LogP contribution in [0.5, 0.6) is 5.75 Å². The van der Waals surface area contributed by atoms with E-state index in [4.69, 9.17) is 10.2 Å². The van der Waals surface area contributed by atoms with Crippen molar-refractivity contribution in [3.05, 3.63) is 104 Å². The lowest BCUT2D eigenvalue weighted by Gasteiger charge is -2.42. The van der Waals surface area contributed by atoms with Gasteiger partial charge >= 0.3 is 0 Å². The molecule has 9 heteroatoms. The van der Waals surface area contributed by atoms with Crippen LogP contribution in [0.2, 0.25) is 0 Å². The molecule has 1 fully saturated rings. The maximum absolute atomic E-state index is 12.8. The van der Waals surface area contributed by atoms with Gasteiger partial charge in [-0.15, -0.1) is 0 Å². The van der Waals surface area contributed by atoms with E-state index in [1.165, 1.54) is 6.07 Å². The Kier molecular flexibility index (Phi) is 6.07. The van der Waals surface area contributed by atoms with E-state index in [2.05, 4.69) is 9.88 Å². The molecular formula is C29H28N4O5.